The van der Waals surface area contributed by atoms with Gasteiger partial charge in [0, 0.05) is 23.5 Å². The van der Waals surface area contributed by atoms with Gasteiger partial charge in [-0.2, -0.15) is 5.26 Å². The van der Waals surface area contributed by atoms with Crippen molar-refractivity contribution in [2.45, 2.75) is 32.5 Å². The Labute approximate surface area is 133 Å². The van der Waals surface area contributed by atoms with Gasteiger partial charge in [-0.05, 0) is 26.8 Å². The highest BCUT2D eigenvalue weighted by Gasteiger charge is 2.16. The lowest BCUT2D eigenvalue weighted by Crippen LogP contribution is -2.06. The van der Waals surface area contributed by atoms with Crippen LogP contribution in [0, 0.1) is 25.2 Å². The van der Waals surface area contributed by atoms with Crippen LogP contribution in [-0.4, -0.2) is 26.1 Å². The van der Waals surface area contributed by atoms with Crippen molar-refractivity contribution in [3.05, 3.63) is 34.8 Å². The molecule has 2 aromatic heterocycles. The first kappa shape index (κ1) is 16.0. The highest BCUT2D eigenvalue weighted by molar-refractivity contribution is 7.99. The maximum atomic E-state index is 12.4. The normalized spacial score (nSPS) is 10.5. The summed E-state index contributed by atoms with van der Waals surface area (Å²) in [4.78, 5) is 20.4. The van der Waals surface area contributed by atoms with Gasteiger partial charge in [0.05, 0.1) is 11.9 Å². The topological polar surface area (TPSA) is 97.6 Å². The fourth-order valence-electron chi connectivity index (χ4n) is 2.31. The standard InChI is InChI=1S/C15H17N5OS/c1-4-20-9(2)5-12(10(20)3)13(21)8-22-15-18-7-11(6-16)14(17)19-15/h5,7H,4,8H2,1-3H3,(H2,17,18,19). The molecule has 0 fully saturated rings. The van der Waals surface area contributed by atoms with Crippen LogP contribution in [0.4, 0.5) is 5.82 Å². The Morgan fingerprint density at radius 2 is 2.23 bits per heavy atom. The van der Waals surface area contributed by atoms with Gasteiger partial charge < -0.3 is 10.3 Å². The van der Waals surface area contributed by atoms with E-state index in [1.54, 1.807) is 0 Å². The van der Waals surface area contributed by atoms with Crippen molar-refractivity contribution in [3.8, 4) is 6.07 Å². The fraction of sp³-hybridized carbons (Fsp3) is 0.333. The van der Waals surface area contributed by atoms with Crippen LogP contribution in [0.15, 0.2) is 17.4 Å². The number of nitrogen functional groups attached to an aromatic ring is 1. The van der Waals surface area contributed by atoms with Gasteiger partial charge in [0.1, 0.15) is 17.5 Å². The van der Waals surface area contributed by atoms with E-state index in [2.05, 4.69) is 21.5 Å². The molecule has 2 rings (SSSR count). The van der Waals surface area contributed by atoms with E-state index in [0.717, 1.165) is 23.5 Å². The lowest BCUT2D eigenvalue weighted by Gasteiger charge is -2.05. The number of hydrogen-bond acceptors (Lipinski definition) is 6. The van der Waals surface area contributed by atoms with Gasteiger partial charge in [0.2, 0.25) is 0 Å². The van der Waals surface area contributed by atoms with Gasteiger partial charge in [-0.1, -0.05) is 11.8 Å². The Morgan fingerprint density at radius 1 is 1.50 bits per heavy atom. The molecule has 6 nitrogen and oxygen atoms in total. The van der Waals surface area contributed by atoms with E-state index in [-0.39, 0.29) is 22.9 Å². The van der Waals surface area contributed by atoms with E-state index in [1.165, 1.54) is 18.0 Å². The zero-order valence-electron chi connectivity index (χ0n) is 12.8. The molecule has 0 unspecified atom stereocenters. The molecule has 0 bridgehead atoms. The van der Waals surface area contributed by atoms with E-state index in [1.807, 2.05) is 26.0 Å². The van der Waals surface area contributed by atoms with Crippen molar-refractivity contribution in [1.29, 1.82) is 5.26 Å². The summed E-state index contributed by atoms with van der Waals surface area (Å²) in [5, 5.41) is 9.18. The molecular weight excluding hydrogens is 298 g/mol. The molecule has 0 aliphatic heterocycles. The molecule has 0 atom stereocenters. The first-order valence-corrected chi connectivity index (χ1v) is 7.81. The van der Waals surface area contributed by atoms with Crippen LogP contribution in [0.25, 0.3) is 0 Å². The van der Waals surface area contributed by atoms with Crippen LogP contribution in [0.1, 0.15) is 34.2 Å². The largest absolute Gasteiger partial charge is 0.382 e. The fourth-order valence-corrected chi connectivity index (χ4v) is 3.02. The first-order chi connectivity index (χ1) is 10.5. The van der Waals surface area contributed by atoms with Gasteiger partial charge in [-0.15, -0.1) is 0 Å². The van der Waals surface area contributed by atoms with Gasteiger partial charge in [-0.25, -0.2) is 9.97 Å². The van der Waals surface area contributed by atoms with Gasteiger partial charge in [0.15, 0.2) is 10.9 Å². The first-order valence-electron chi connectivity index (χ1n) is 6.83. The molecule has 0 amide bonds. The maximum Gasteiger partial charge on any atom is 0.189 e. The second-order valence-electron chi connectivity index (χ2n) is 4.80. The van der Waals surface area contributed by atoms with Crippen molar-refractivity contribution in [1.82, 2.24) is 14.5 Å². The number of Topliss-reactive ketones (excluding diaryl/α,β-unsaturated/α-hetero) is 1. The third kappa shape index (κ3) is 3.12. The summed E-state index contributed by atoms with van der Waals surface area (Å²) in [5.41, 5.74) is 8.66. The molecule has 0 spiro atoms. The van der Waals surface area contributed by atoms with E-state index >= 15 is 0 Å². The number of aromatic nitrogens is 3. The summed E-state index contributed by atoms with van der Waals surface area (Å²) in [6.45, 7) is 6.83. The van der Waals surface area contributed by atoms with Crippen molar-refractivity contribution in [3.63, 3.8) is 0 Å². The minimum atomic E-state index is 0.0318. The number of thioether (sulfide) groups is 1. The summed E-state index contributed by atoms with van der Waals surface area (Å²) in [6.07, 6.45) is 1.37. The highest BCUT2D eigenvalue weighted by Crippen LogP contribution is 2.21. The van der Waals surface area contributed by atoms with Crippen LogP contribution < -0.4 is 5.73 Å². The van der Waals surface area contributed by atoms with Crippen molar-refractivity contribution < 1.29 is 4.79 Å². The molecule has 7 heteroatoms. The van der Waals surface area contributed by atoms with E-state index in [4.69, 9.17) is 11.0 Å². The monoisotopic (exact) mass is 315 g/mol. The molecule has 114 valence electrons. The van der Waals surface area contributed by atoms with Crippen molar-refractivity contribution in [2.75, 3.05) is 11.5 Å². The smallest absolute Gasteiger partial charge is 0.189 e. The van der Waals surface area contributed by atoms with E-state index in [0.29, 0.717) is 5.16 Å². The van der Waals surface area contributed by atoms with Gasteiger partial charge in [0.25, 0.3) is 0 Å². The van der Waals surface area contributed by atoms with Crippen LogP contribution >= 0.6 is 11.8 Å². The predicted octanol–water partition coefficient (Wildman–Crippen LogP) is 2.34. The van der Waals surface area contributed by atoms with E-state index in [9.17, 15) is 4.79 Å². The van der Waals surface area contributed by atoms with Crippen LogP contribution in [0.2, 0.25) is 0 Å². The highest BCUT2D eigenvalue weighted by atomic mass is 32.2. The third-order valence-electron chi connectivity index (χ3n) is 3.44. The van der Waals surface area contributed by atoms with E-state index < -0.39 is 0 Å². The zero-order chi connectivity index (χ0) is 16.3. The van der Waals surface area contributed by atoms with Crippen LogP contribution in [0.3, 0.4) is 0 Å². The average Bonchev–Trinajstić information content (AvgIpc) is 2.79. The Morgan fingerprint density at radius 3 is 2.77 bits per heavy atom. The van der Waals surface area contributed by atoms with Gasteiger partial charge >= 0.3 is 0 Å². The second kappa shape index (κ2) is 6.62. The number of nitriles is 1. The zero-order valence-corrected chi connectivity index (χ0v) is 13.6. The Kier molecular flexibility index (Phi) is 4.83. The summed E-state index contributed by atoms with van der Waals surface area (Å²) < 4.78 is 2.11. The number of hydrogen-bond donors (Lipinski definition) is 1. The molecule has 0 radical (unpaired) electrons. The quantitative estimate of drug-likeness (QED) is 0.516. The second-order valence-corrected chi connectivity index (χ2v) is 5.75. The van der Waals surface area contributed by atoms with Crippen LogP contribution in [-0.2, 0) is 6.54 Å². The van der Waals surface area contributed by atoms with Crippen LogP contribution in [0.5, 0.6) is 0 Å². The minimum Gasteiger partial charge on any atom is -0.382 e. The maximum absolute atomic E-state index is 12.4. The minimum absolute atomic E-state index is 0.0318. The molecule has 2 aromatic rings. The molecule has 0 aliphatic rings. The number of nitrogens with zero attached hydrogens (tertiary/aromatic N) is 4. The van der Waals surface area contributed by atoms with Gasteiger partial charge in [-0.3, -0.25) is 4.79 Å². The molecule has 22 heavy (non-hydrogen) atoms. The molecule has 0 aliphatic carbocycles. The number of ketones is 1. The van der Waals surface area contributed by atoms with Crippen molar-refractivity contribution >= 4 is 23.4 Å². The molecule has 0 saturated heterocycles. The molecular formula is C15H17N5OS. The number of carbonyl (C=O) groups is 1. The molecule has 0 aromatic carbocycles. The SMILES string of the molecule is CCn1c(C)cc(C(=O)CSc2ncc(C#N)c(N)n2)c1C. The molecule has 2 N–H and O–H groups in total. The molecule has 0 saturated carbocycles. The number of aryl methyl sites for hydroxylation is 1. The Hall–Kier alpha value is -2.33. The Balaban J connectivity index is 2.10. The summed E-state index contributed by atoms with van der Waals surface area (Å²) in [5.74, 6) is 0.403. The lowest BCUT2D eigenvalue weighted by atomic mass is 10.2. The summed E-state index contributed by atoms with van der Waals surface area (Å²) in [6, 6.07) is 3.82. The number of rotatable bonds is 5. The average molecular weight is 315 g/mol. The third-order valence-corrected chi connectivity index (χ3v) is 4.30. The number of nitrogens with two attached hydrogens (primary N) is 1. The lowest BCUT2D eigenvalue weighted by molar-refractivity contribution is 0.102. The summed E-state index contributed by atoms with van der Waals surface area (Å²) in [7, 11) is 0. The molecule has 2 heterocycles. The predicted molar refractivity (Wildman–Crippen MR) is 85.8 cm³/mol. The van der Waals surface area contributed by atoms with Crippen molar-refractivity contribution in [2.24, 2.45) is 0 Å². The Bertz CT molecular complexity index is 760. The number of carbonyl (C=O) groups excluding carboxylic acids is 1. The summed E-state index contributed by atoms with van der Waals surface area (Å²) >= 11 is 1.22. The number of anilines is 1.